The van der Waals surface area contributed by atoms with Crippen LogP contribution >= 0.6 is 0 Å². The first kappa shape index (κ1) is 12.7. The Hall–Kier alpha value is -2.36. The van der Waals surface area contributed by atoms with Gasteiger partial charge in [-0.3, -0.25) is 4.99 Å². The van der Waals surface area contributed by atoms with E-state index in [0.717, 1.165) is 12.1 Å². The zero-order chi connectivity index (χ0) is 13.9. The molecule has 0 spiro atoms. The summed E-state index contributed by atoms with van der Waals surface area (Å²) in [6.45, 7) is 0.636. The second-order valence-electron chi connectivity index (χ2n) is 4.89. The summed E-state index contributed by atoms with van der Waals surface area (Å²) in [4.78, 5) is 6.21. The van der Waals surface area contributed by atoms with E-state index in [9.17, 15) is 4.39 Å². The number of guanidine groups is 1. The standard InChI is InChI=1S/C16H16FN3/c17-13-7-4-8-14(10-13)20-15(11-19-16(20)18)9-12-5-2-1-3-6-12/h1-8,10,15H,9,11H2,(H2,18,19). The normalized spacial score (nSPS) is 18.1. The first-order valence-corrected chi connectivity index (χ1v) is 6.63. The summed E-state index contributed by atoms with van der Waals surface area (Å²) in [7, 11) is 0. The molecule has 2 aromatic carbocycles. The first-order valence-electron chi connectivity index (χ1n) is 6.63. The molecule has 102 valence electrons. The predicted octanol–water partition coefficient (Wildman–Crippen LogP) is 2.57. The summed E-state index contributed by atoms with van der Waals surface area (Å²) < 4.78 is 13.4. The van der Waals surface area contributed by atoms with Crippen LogP contribution in [-0.4, -0.2) is 18.5 Å². The SMILES string of the molecule is NC1=NCC(Cc2ccccc2)N1c1cccc(F)c1. The Balaban J connectivity index is 1.85. The maximum absolute atomic E-state index is 13.4. The lowest BCUT2D eigenvalue weighted by Gasteiger charge is -2.26. The highest BCUT2D eigenvalue weighted by Gasteiger charge is 2.27. The highest BCUT2D eigenvalue weighted by atomic mass is 19.1. The molecule has 0 fully saturated rings. The molecule has 1 aliphatic heterocycles. The highest BCUT2D eigenvalue weighted by molar-refractivity contribution is 5.97. The van der Waals surface area contributed by atoms with Gasteiger partial charge < -0.3 is 10.6 Å². The number of halogens is 1. The number of hydrogen-bond acceptors (Lipinski definition) is 3. The Labute approximate surface area is 117 Å². The maximum atomic E-state index is 13.4. The van der Waals surface area contributed by atoms with Crippen molar-refractivity contribution in [3.63, 3.8) is 0 Å². The van der Waals surface area contributed by atoms with Gasteiger partial charge in [-0.25, -0.2) is 4.39 Å². The molecule has 0 saturated carbocycles. The van der Waals surface area contributed by atoms with Crippen molar-refractivity contribution >= 4 is 11.6 Å². The van der Waals surface area contributed by atoms with Crippen LogP contribution in [0.5, 0.6) is 0 Å². The molecule has 20 heavy (non-hydrogen) atoms. The minimum Gasteiger partial charge on any atom is -0.370 e. The average Bonchev–Trinajstić information content (AvgIpc) is 2.81. The molecule has 4 heteroatoms. The van der Waals surface area contributed by atoms with Crippen LogP contribution in [0.4, 0.5) is 10.1 Å². The summed E-state index contributed by atoms with van der Waals surface area (Å²) in [6.07, 6.45) is 0.835. The monoisotopic (exact) mass is 269 g/mol. The van der Waals surface area contributed by atoms with Crippen LogP contribution in [0.25, 0.3) is 0 Å². The predicted molar refractivity (Wildman–Crippen MR) is 79.3 cm³/mol. The Morgan fingerprint density at radius 2 is 1.95 bits per heavy atom. The summed E-state index contributed by atoms with van der Waals surface area (Å²) in [5.74, 6) is 0.192. The molecule has 2 N–H and O–H groups in total. The number of nitrogens with two attached hydrogens (primary N) is 1. The van der Waals surface area contributed by atoms with Crippen molar-refractivity contribution in [2.45, 2.75) is 12.5 Å². The van der Waals surface area contributed by atoms with Crippen molar-refractivity contribution in [1.82, 2.24) is 0 Å². The number of nitrogens with zero attached hydrogens (tertiary/aromatic N) is 2. The van der Waals surface area contributed by atoms with Crippen molar-refractivity contribution in [3.8, 4) is 0 Å². The van der Waals surface area contributed by atoms with Crippen LogP contribution in [-0.2, 0) is 6.42 Å². The van der Waals surface area contributed by atoms with Crippen LogP contribution in [0, 0.1) is 5.82 Å². The fraction of sp³-hybridized carbons (Fsp3) is 0.188. The lowest BCUT2D eigenvalue weighted by Crippen LogP contribution is -2.42. The molecule has 1 unspecified atom stereocenters. The van der Waals surface area contributed by atoms with Crippen molar-refractivity contribution in [3.05, 3.63) is 66.0 Å². The third-order valence-corrected chi connectivity index (χ3v) is 3.48. The molecule has 0 amide bonds. The minimum absolute atomic E-state index is 0.138. The lowest BCUT2D eigenvalue weighted by molar-refractivity contribution is 0.626. The van der Waals surface area contributed by atoms with Gasteiger partial charge in [0.1, 0.15) is 5.82 Å². The summed E-state index contributed by atoms with van der Waals surface area (Å²) in [6, 6.07) is 16.8. The number of rotatable bonds is 3. The van der Waals surface area contributed by atoms with Crippen LogP contribution in [0.3, 0.4) is 0 Å². The molecule has 3 nitrogen and oxygen atoms in total. The summed E-state index contributed by atoms with van der Waals surface area (Å²) in [5.41, 5.74) is 7.94. The molecule has 1 heterocycles. The zero-order valence-corrected chi connectivity index (χ0v) is 11.0. The van der Waals surface area contributed by atoms with Gasteiger partial charge in [0, 0.05) is 5.69 Å². The first-order chi connectivity index (χ1) is 9.74. The molecule has 1 atom stereocenters. The molecule has 2 aromatic rings. The number of anilines is 1. The van der Waals surface area contributed by atoms with E-state index in [-0.39, 0.29) is 11.9 Å². The van der Waals surface area contributed by atoms with Crippen molar-refractivity contribution in [2.24, 2.45) is 10.7 Å². The second kappa shape index (κ2) is 5.33. The number of benzene rings is 2. The van der Waals surface area contributed by atoms with Gasteiger partial charge >= 0.3 is 0 Å². The van der Waals surface area contributed by atoms with Gasteiger partial charge in [-0.1, -0.05) is 36.4 Å². The Morgan fingerprint density at radius 3 is 2.70 bits per heavy atom. The quantitative estimate of drug-likeness (QED) is 0.930. The van der Waals surface area contributed by atoms with Gasteiger partial charge in [-0.15, -0.1) is 0 Å². The molecule has 0 aromatic heterocycles. The van der Waals surface area contributed by atoms with E-state index in [1.165, 1.54) is 17.7 Å². The molecule has 0 saturated heterocycles. The van der Waals surface area contributed by atoms with E-state index in [2.05, 4.69) is 17.1 Å². The van der Waals surface area contributed by atoms with Gasteiger partial charge in [0.2, 0.25) is 0 Å². The molecular formula is C16H16FN3. The van der Waals surface area contributed by atoms with Gasteiger partial charge in [-0.2, -0.15) is 0 Å². The lowest BCUT2D eigenvalue weighted by atomic mass is 10.0. The molecule has 1 aliphatic rings. The zero-order valence-electron chi connectivity index (χ0n) is 11.0. The largest absolute Gasteiger partial charge is 0.370 e. The molecular weight excluding hydrogens is 253 g/mol. The fourth-order valence-corrected chi connectivity index (χ4v) is 2.55. The van der Waals surface area contributed by atoms with Crippen LogP contribution in [0.1, 0.15) is 5.56 Å². The second-order valence-corrected chi connectivity index (χ2v) is 4.89. The minimum atomic E-state index is -0.263. The maximum Gasteiger partial charge on any atom is 0.196 e. The van der Waals surface area contributed by atoms with Gasteiger partial charge in [0.05, 0.1) is 12.6 Å². The van der Waals surface area contributed by atoms with Crippen LogP contribution in [0.15, 0.2) is 59.6 Å². The topological polar surface area (TPSA) is 41.6 Å². The van der Waals surface area contributed by atoms with E-state index in [1.54, 1.807) is 6.07 Å². The number of hydrogen-bond donors (Lipinski definition) is 1. The molecule has 0 bridgehead atoms. The fourth-order valence-electron chi connectivity index (χ4n) is 2.55. The van der Waals surface area contributed by atoms with E-state index >= 15 is 0 Å². The highest BCUT2D eigenvalue weighted by Crippen LogP contribution is 2.23. The van der Waals surface area contributed by atoms with E-state index < -0.39 is 0 Å². The van der Waals surface area contributed by atoms with Crippen molar-refractivity contribution in [2.75, 3.05) is 11.4 Å². The summed E-state index contributed by atoms with van der Waals surface area (Å²) in [5, 5.41) is 0. The van der Waals surface area contributed by atoms with E-state index in [4.69, 9.17) is 5.73 Å². The number of aliphatic imine (C=N–C) groups is 1. The van der Waals surface area contributed by atoms with Gasteiger partial charge in [0.15, 0.2) is 5.96 Å². The van der Waals surface area contributed by atoms with Gasteiger partial charge in [-0.05, 0) is 30.2 Å². The van der Waals surface area contributed by atoms with Crippen LogP contribution in [0.2, 0.25) is 0 Å². The van der Waals surface area contributed by atoms with Crippen molar-refractivity contribution in [1.29, 1.82) is 0 Å². The smallest absolute Gasteiger partial charge is 0.196 e. The average molecular weight is 269 g/mol. The van der Waals surface area contributed by atoms with Crippen LogP contribution < -0.4 is 10.6 Å². The Bertz CT molecular complexity index is 625. The third-order valence-electron chi connectivity index (χ3n) is 3.48. The van der Waals surface area contributed by atoms with Crippen molar-refractivity contribution < 1.29 is 4.39 Å². The Morgan fingerprint density at radius 1 is 1.15 bits per heavy atom. The van der Waals surface area contributed by atoms with E-state index in [1.807, 2.05) is 29.2 Å². The summed E-state index contributed by atoms with van der Waals surface area (Å²) >= 11 is 0. The molecule has 3 rings (SSSR count). The molecule has 0 aliphatic carbocycles. The van der Waals surface area contributed by atoms with Gasteiger partial charge in [0.25, 0.3) is 0 Å². The third kappa shape index (κ3) is 2.50. The molecule has 0 radical (unpaired) electrons. The Kier molecular flexibility index (Phi) is 3.37. The van der Waals surface area contributed by atoms with E-state index in [0.29, 0.717) is 12.5 Å².